The highest BCUT2D eigenvalue weighted by Crippen LogP contribution is 2.28. The molecule has 0 spiro atoms. The number of nitrogens with zero attached hydrogens (tertiary/aromatic N) is 3. The zero-order valence-corrected chi connectivity index (χ0v) is 16.6. The van der Waals surface area contributed by atoms with Gasteiger partial charge in [0.05, 0.1) is 17.8 Å². The molecule has 0 aliphatic carbocycles. The normalized spacial score (nSPS) is 17.1. The lowest BCUT2D eigenvalue weighted by Crippen LogP contribution is -2.39. The second kappa shape index (κ2) is 8.19. The lowest BCUT2D eigenvalue weighted by atomic mass is 9.97. The van der Waals surface area contributed by atoms with Crippen molar-refractivity contribution in [1.29, 1.82) is 0 Å². The molecule has 0 radical (unpaired) electrons. The van der Waals surface area contributed by atoms with Crippen LogP contribution in [0.3, 0.4) is 0 Å². The molecule has 0 bridgehead atoms. The number of halogens is 1. The van der Waals surface area contributed by atoms with Crippen LogP contribution in [0.15, 0.2) is 45.5 Å². The molecule has 1 aliphatic rings. The number of piperidine rings is 1. The van der Waals surface area contributed by atoms with Gasteiger partial charge in [0, 0.05) is 25.6 Å². The quantitative estimate of drug-likeness (QED) is 0.632. The molecule has 1 amide bonds. The Morgan fingerprint density at radius 3 is 2.83 bits per heavy atom. The molecule has 0 unspecified atom stereocenters. The van der Waals surface area contributed by atoms with Crippen LogP contribution in [0.5, 0.6) is 0 Å². The summed E-state index contributed by atoms with van der Waals surface area (Å²) in [6, 6.07) is 8.07. The summed E-state index contributed by atoms with van der Waals surface area (Å²) in [5, 5.41) is 3.98. The molecule has 3 heterocycles. The van der Waals surface area contributed by atoms with Gasteiger partial charge in [0.15, 0.2) is 5.89 Å². The van der Waals surface area contributed by atoms with Gasteiger partial charge in [0.2, 0.25) is 5.76 Å². The molecule has 29 heavy (non-hydrogen) atoms. The largest absolute Gasteiger partial charge is 0.445 e. The summed E-state index contributed by atoms with van der Waals surface area (Å²) in [7, 11) is 0. The van der Waals surface area contributed by atoms with E-state index in [1.807, 2.05) is 13.8 Å². The van der Waals surface area contributed by atoms with Gasteiger partial charge in [0.25, 0.3) is 5.91 Å². The van der Waals surface area contributed by atoms with E-state index < -0.39 is 0 Å². The van der Waals surface area contributed by atoms with Gasteiger partial charge < -0.3 is 13.8 Å². The molecule has 1 aliphatic heterocycles. The predicted octanol–water partition coefficient (Wildman–Crippen LogP) is 4.54. The van der Waals surface area contributed by atoms with E-state index in [0.29, 0.717) is 25.4 Å². The maximum Gasteiger partial charge on any atom is 0.292 e. The van der Waals surface area contributed by atoms with Gasteiger partial charge >= 0.3 is 0 Å². The Morgan fingerprint density at radius 1 is 1.31 bits per heavy atom. The fraction of sp³-hybridized carbons (Fsp3) is 0.409. The Labute approximate surface area is 168 Å². The smallest absolute Gasteiger partial charge is 0.292 e. The molecule has 3 aromatic rings. The molecule has 1 aromatic carbocycles. The summed E-state index contributed by atoms with van der Waals surface area (Å²) in [6.07, 6.45) is 4.05. The van der Waals surface area contributed by atoms with Gasteiger partial charge in [-0.05, 0) is 36.5 Å². The van der Waals surface area contributed by atoms with Crippen LogP contribution < -0.4 is 0 Å². The lowest BCUT2D eigenvalue weighted by molar-refractivity contribution is 0.0656. The molecule has 152 valence electrons. The van der Waals surface area contributed by atoms with E-state index in [0.717, 1.165) is 29.9 Å². The van der Waals surface area contributed by atoms with E-state index in [-0.39, 0.29) is 29.3 Å². The first-order valence-electron chi connectivity index (χ1n) is 9.94. The number of aromatic nitrogens is 2. The minimum atomic E-state index is -0.258. The third-order valence-corrected chi connectivity index (χ3v) is 5.25. The van der Waals surface area contributed by atoms with E-state index in [1.165, 1.54) is 12.1 Å². The summed E-state index contributed by atoms with van der Waals surface area (Å²) in [6.45, 7) is 5.23. The van der Waals surface area contributed by atoms with Crippen LogP contribution >= 0.6 is 0 Å². The number of hydrogen-bond acceptors (Lipinski definition) is 5. The average molecular weight is 397 g/mol. The fourth-order valence-corrected chi connectivity index (χ4v) is 3.58. The number of carbonyl (C=O) groups is 1. The molecule has 0 N–H and O–H groups in total. The molecule has 7 heteroatoms. The molecular formula is C22H24FN3O3. The highest BCUT2D eigenvalue weighted by molar-refractivity contribution is 5.91. The van der Waals surface area contributed by atoms with E-state index in [9.17, 15) is 9.18 Å². The monoisotopic (exact) mass is 397 g/mol. The third-order valence-electron chi connectivity index (χ3n) is 5.25. The summed E-state index contributed by atoms with van der Waals surface area (Å²) in [5.74, 6) is 1.49. The predicted molar refractivity (Wildman–Crippen MR) is 104 cm³/mol. The van der Waals surface area contributed by atoms with Crippen molar-refractivity contribution in [1.82, 2.24) is 15.0 Å². The van der Waals surface area contributed by atoms with Crippen molar-refractivity contribution in [2.45, 2.75) is 44.9 Å². The fourth-order valence-electron chi connectivity index (χ4n) is 3.58. The van der Waals surface area contributed by atoms with Crippen molar-refractivity contribution >= 4 is 5.91 Å². The Bertz CT molecular complexity index is 977. The Morgan fingerprint density at radius 2 is 2.10 bits per heavy atom. The Kier molecular flexibility index (Phi) is 5.47. The van der Waals surface area contributed by atoms with Crippen molar-refractivity contribution in [3.8, 4) is 0 Å². The number of carbonyl (C=O) groups excluding carboxylic acids is 1. The molecule has 0 saturated carbocycles. The molecule has 2 aromatic heterocycles. The first kappa shape index (κ1) is 19.4. The number of oxazole rings is 1. The summed E-state index contributed by atoms with van der Waals surface area (Å²) in [4.78, 5) is 19.0. The first-order chi connectivity index (χ1) is 14.0. The third kappa shape index (κ3) is 4.39. The first-order valence-corrected chi connectivity index (χ1v) is 9.94. The lowest BCUT2D eigenvalue weighted by Gasteiger charge is -2.30. The molecule has 1 fully saturated rings. The maximum absolute atomic E-state index is 13.1. The number of amides is 1. The minimum absolute atomic E-state index is 0.0437. The van der Waals surface area contributed by atoms with Crippen molar-refractivity contribution in [3.63, 3.8) is 0 Å². The van der Waals surface area contributed by atoms with Crippen LogP contribution in [0.4, 0.5) is 4.39 Å². The zero-order valence-electron chi connectivity index (χ0n) is 16.6. The zero-order chi connectivity index (χ0) is 20.4. The summed E-state index contributed by atoms with van der Waals surface area (Å²) in [5.41, 5.74) is 1.74. The van der Waals surface area contributed by atoms with E-state index in [4.69, 9.17) is 8.94 Å². The second-order valence-corrected chi connectivity index (χ2v) is 7.83. The minimum Gasteiger partial charge on any atom is -0.445 e. The molecule has 1 saturated heterocycles. The van der Waals surface area contributed by atoms with Crippen molar-refractivity contribution in [2.24, 2.45) is 0 Å². The standard InChI is InChI=1S/C22H24FN3O3/c1-14(2)19-11-20(29-25-19)22(27)26-9-3-4-16(13-26)21-24-12-18(28-21)10-15-5-7-17(23)8-6-15/h5-8,11-12,14,16H,3-4,9-10,13H2,1-2H3/t16-/m0/s1. The number of likely N-dealkylation sites (tertiary alicyclic amines) is 1. The van der Waals surface area contributed by atoms with Crippen LogP contribution in [-0.4, -0.2) is 34.0 Å². The van der Waals surface area contributed by atoms with E-state index in [2.05, 4.69) is 10.1 Å². The molecule has 1 atom stereocenters. The number of rotatable bonds is 5. The van der Waals surface area contributed by atoms with Crippen LogP contribution in [0.25, 0.3) is 0 Å². The van der Waals surface area contributed by atoms with E-state index in [1.54, 1.807) is 29.3 Å². The maximum atomic E-state index is 13.1. The van der Waals surface area contributed by atoms with Crippen LogP contribution in [0.2, 0.25) is 0 Å². The topological polar surface area (TPSA) is 72.4 Å². The van der Waals surface area contributed by atoms with Gasteiger partial charge in [-0.15, -0.1) is 0 Å². The van der Waals surface area contributed by atoms with Crippen LogP contribution in [0.1, 0.15) is 72.0 Å². The van der Waals surface area contributed by atoms with Gasteiger partial charge in [0.1, 0.15) is 11.6 Å². The number of hydrogen-bond donors (Lipinski definition) is 0. The Hall–Kier alpha value is -2.96. The number of benzene rings is 1. The van der Waals surface area contributed by atoms with Crippen molar-refractivity contribution < 1.29 is 18.1 Å². The van der Waals surface area contributed by atoms with Gasteiger partial charge in [-0.2, -0.15) is 0 Å². The van der Waals surface area contributed by atoms with Crippen molar-refractivity contribution in [3.05, 3.63) is 71.0 Å². The molecule has 6 nitrogen and oxygen atoms in total. The van der Waals surface area contributed by atoms with Crippen molar-refractivity contribution in [2.75, 3.05) is 13.1 Å². The summed E-state index contributed by atoms with van der Waals surface area (Å²) < 4.78 is 24.3. The highest BCUT2D eigenvalue weighted by Gasteiger charge is 2.30. The molecule has 4 rings (SSSR count). The summed E-state index contributed by atoms with van der Waals surface area (Å²) >= 11 is 0. The van der Waals surface area contributed by atoms with E-state index >= 15 is 0 Å². The average Bonchev–Trinajstić information content (AvgIpc) is 3.39. The van der Waals surface area contributed by atoms with Crippen LogP contribution in [0, 0.1) is 5.82 Å². The van der Waals surface area contributed by atoms with Gasteiger partial charge in [-0.1, -0.05) is 31.1 Å². The SMILES string of the molecule is CC(C)c1cc(C(=O)N2CCC[C@H](c3ncc(Cc4ccc(F)cc4)o3)C2)on1. The second-order valence-electron chi connectivity index (χ2n) is 7.83. The highest BCUT2D eigenvalue weighted by atomic mass is 19.1. The molecular weight excluding hydrogens is 373 g/mol. The van der Waals surface area contributed by atoms with Crippen LogP contribution in [-0.2, 0) is 6.42 Å². The van der Waals surface area contributed by atoms with Gasteiger partial charge in [-0.3, -0.25) is 4.79 Å². The Balaban J connectivity index is 1.42. The van der Waals surface area contributed by atoms with Gasteiger partial charge in [-0.25, -0.2) is 9.37 Å².